The van der Waals surface area contributed by atoms with Gasteiger partial charge < -0.3 is 24.2 Å². The molecular weight excluding hydrogens is 680 g/mol. The molecule has 0 heterocycles. The Balaban J connectivity index is 0.00000562. The fraction of sp³-hybridized carbons (Fsp3) is 0.250. The van der Waals surface area contributed by atoms with Crippen LogP contribution in [0.4, 0.5) is 0 Å². The van der Waals surface area contributed by atoms with Crippen LogP contribution >= 0.6 is 11.8 Å². The maximum atomic E-state index is 12.5. The summed E-state index contributed by atoms with van der Waals surface area (Å²) in [6.45, 7) is 3.73. The minimum Gasteiger partial charge on any atom is -0.744 e. The second-order valence-electron chi connectivity index (χ2n) is 11.8. The summed E-state index contributed by atoms with van der Waals surface area (Å²) in [4.78, 5) is 0.781. The number of phenols is 1. The van der Waals surface area contributed by atoms with Gasteiger partial charge in [0.05, 0.1) is 18.1 Å². The smallest absolute Gasteiger partial charge is 0.744 e. The molecule has 0 saturated carbocycles. The van der Waals surface area contributed by atoms with E-state index in [0.717, 1.165) is 48.3 Å². The molecule has 0 saturated heterocycles. The molecule has 10 heteroatoms. The predicted molar refractivity (Wildman–Crippen MR) is 192 cm³/mol. The minimum atomic E-state index is -4.81. The van der Waals surface area contributed by atoms with Gasteiger partial charge in [0.25, 0.3) is 0 Å². The normalized spacial score (nSPS) is 11.9. The second kappa shape index (κ2) is 19.5. The number of benzene rings is 5. The SMILES string of the molecule is CCCCOc1ccc(Sc2ccc(-c3ccccc3C(O)c3cccc(COCCCCc4ccc(O)cc4)c3)cc2S(=O)(=O)[O-])cc1.[Na+]. The van der Waals surface area contributed by atoms with E-state index in [1.807, 2.05) is 78.9 Å². The molecule has 0 aromatic heterocycles. The third kappa shape index (κ3) is 11.4. The van der Waals surface area contributed by atoms with Gasteiger partial charge in [-0.1, -0.05) is 91.8 Å². The van der Waals surface area contributed by atoms with E-state index in [4.69, 9.17) is 9.47 Å². The van der Waals surface area contributed by atoms with Crippen LogP contribution in [0, 0.1) is 0 Å². The first-order valence-corrected chi connectivity index (χ1v) is 18.7. The van der Waals surface area contributed by atoms with Crippen molar-refractivity contribution >= 4 is 21.9 Å². The Morgan fingerprint density at radius 1 is 0.800 bits per heavy atom. The van der Waals surface area contributed by atoms with Gasteiger partial charge in [0.2, 0.25) is 0 Å². The van der Waals surface area contributed by atoms with Crippen LogP contribution in [0.15, 0.2) is 130 Å². The summed E-state index contributed by atoms with van der Waals surface area (Å²) in [7, 11) is -4.81. The van der Waals surface area contributed by atoms with Crippen LogP contribution in [0.25, 0.3) is 11.1 Å². The van der Waals surface area contributed by atoms with E-state index in [1.54, 1.807) is 30.3 Å². The Morgan fingerprint density at radius 3 is 2.30 bits per heavy atom. The minimum absolute atomic E-state index is 0. The number of aliphatic hydroxyl groups is 1. The van der Waals surface area contributed by atoms with Gasteiger partial charge in [0.1, 0.15) is 27.7 Å². The molecule has 7 nitrogen and oxygen atoms in total. The van der Waals surface area contributed by atoms with Gasteiger partial charge in [-0.3, -0.25) is 0 Å². The van der Waals surface area contributed by atoms with Crippen LogP contribution in [0.3, 0.4) is 0 Å². The Hall–Kier alpha value is -3.12. The Morgan fingerprint density at radius 2 is 1.56 bits per heavy atom. The standard InChI is InChI=1S/C40H42O7S2.Na/c1-2-3-25-47-34-19-21-35(22-20-34)48-38-23-16-31(27-39(38)49(43,44)45)36-12-4-5-13-37(36)40(42)32-11-8-10-30(26-32)28-46-24-7-6-9-29-14-17-33(41)18-15-29;/h4-5,8,10-23,26-27,40-42H,2-3,6-7,9,24-25,28H2,1H3,(H,43,44,45);/q;+1/p-1. The first kappa shape index (κ1) is 39.7. The molecule has 5 aromatic rings. The number of phenolic OH excluding ortho intramolecular Hbond substituents is 1. The van der Waals surface area contributed by atoms with Gasteiger partial charge in [-0.2, -0.15) is 0 Å². The van der Waals surface area contributed by atoms with Gasteiger partial charge >= 0.3 is 29.6 Å². The van der Waals surface area contributed by atoms with Gasteiger partial charge in [-0.05, 0) is 108 Å². The largest absolute Gasteiger partial charge is 1.00 e. The van der Waals surface area contributed by atoms with Crippen LogP contribution in [-0.4, -0.2) is 36.4 Å². The Bertz CT molecular complexity index is 1910. The molecule has 50 heavy (non-hydrogen) atoms. The number of hydrogen-bond donors (Lipinski definition) is 2. The molecule has 1 atom stereocenters. The topological polar surface area (TPSA) is 116 Å². The van der Waals surface area contributed by atoms with Gasteiger partial charge in [-0.15, -0.1) is 0 Å². The van der Waals surface area contributed by atoms with Crippen LogP contribution in [0.1, 0.15) is 61.0 Å². The van der Waals surface area contributed by atoms with Crippen LogP contribution < -0.4 is 34.3 Å². The quantitative estimate of drug-likeness (QED) is 0.0692. The fourth-order valence-electron chi connectivity index (χ4n) is 5.44. The van der Waals surface area contributed by atoms with Crippen molar-refractivity contribution in [1.29, 1.82) is 0 Å². The van der Waals surface area contributed by atoms with Crippen LogP contribution in [0.5, 0.6) is 11.5 Å². The summed E-state index contributed by atoms with van der Waals surface area (Å²) in [5.41, 5.74) is 4.50. The maximum absolute atomic E-state index is 12.5. The summed E-state index contributed by atoms with van der Waals surface area (Å²) in [5.74, 6) is 0.998. The molecule has 5 rings (SSSR count). The van der Waals surface area contributed by atoms with Crippen molar-refractivity contribution in [3.63, 3.8) is 0 Å². The van der Waals surface area contributed by atoms with E-state index >= 15 is 0 Å². The third-order valence-corrected chi connectivity index (χ3v) is 10.2. The summed E-state index contributed by atoms with van der Waals surface area (Å²) in [6, 6.07) is 34.2. The number of aromatic hydroxyl groups is 1. The number of aryl methyl sites for hydroxylation is 1. The molecule has 0 amide bonds. The van der Waals surface area contributed by atoms with E-state index in [2.05, 4.69) is 6.92 Å². The Kier molecular flexibility index (Phi) is 15.5. The number of unbranched alkanes of at least 4 members (excludes halogenated alkanes) is 2. The molecule has 0 bridgehead atoms. The van der Waals surface area contributed by atoms with Gasteiger partial charge in [0, 0.05) is 16.4 Å². The molecule has 256 valence electrons. The summed E-state index contributed by atoms with van der Waals surface area (Å²) >= 11 is 1.20. The van der Waals surface area contributed by atoms with Crippen molar-refractivity contribution in [2.45, 2.75) is 66.4 Å². The number of rotatable bonds is 17. The first-order valence-electron chi connectivity index (χ1n) is 16.4. The number of hydrogen-bond acceptors (Lipinski definition) is 8. The van der Waals surface area contributed by atoms with Crippen molar-refractivity contribution in [3.8, 4) is 22.6 Å². The maximum Gasteiger partial charge on any atom is 1.00 e. The average molecular weight is 721 g/mol. The second-order valence-corrected chi connectivity index (χ2v) is 14.3. The molecule has 0 fully saturated rings. The summed E-state index contributed by atoms with van der Waals surface area (Å²) in [5, 5.41) is 21.0. The van der Waals surface area contributed by atoms with E-state index in [1.165, 1.54) is 23.4 Å². The van der Waals surface area contributed by atoms with E-state index < -0.39 is 16.2 Å². The predicted octanol–water partition coefficient (Wildman–Crippen LogP) is 5.92. The van der Waals surface area contributed by atoms with Crippen LogP contribution in [-0.2, 0) is 27.9 Å². The van der Waals surface area contributed by atoms with Crippen molar-refractivity contribution in [1.82, 2.24) is 0 Å². The number of aliphatic hydroxyl groups excluding tert-OH is 1. The summed E-state index contributed by atoms with van der Waals surface area (Å²) < 4.78 is 49.0. The monoisotopic (exact) mass is 720 g/mol. The van der Waals surface area contributed by atoms with E-state index in [9.17, 15) is 23.2 Å². The zero-order valence-corrected chi connectivity index (χ0v) is 32.1. The molecule has 0 aliphatic carbocycles. The average Bonchev–Trinajstić information content (AvgIpc) is 3.11. The van der Waals surface area contributed by atoms with Gasteiger partial charge in [-0.25, -0.2) is 8.42 Å². The molecule has 5 aromatic carbocycles. The zero-order chi connectivity index (χ0) is 34.6. The van der Waals surface area contributed by atoms with Crippen LogP contribution in [0.2, 0.25) is 0 Å². The van der Waals surface area contributed by atoms with E-state index in [-0.39, 0.29) is 40.2 Å². The number of ether oxygens (including phenoxy) is 2. The molecule has 2 N–H and O–H groups in total. The van der Waals surface area contributed by atoms with Crippen molar-refractivity contribution < 1.29 is 62.2 Å². The Labute approximate surface area is 321 Å². The van der Waals surface area contributed by atoms with Crippen molar-refractivity contribution in [2.75, 3.05) is 13.2 Å². The van der Waals surface area contributed by atoms with Gasteiger partial charge in [0.15, 0.2) is 0 Å². The molecule has 0 spiro atoms. The molecule has 1 unspecified atom stereocenters. The van der Waals surface area contributed by atoms with E-state index in [0.29, 0.717) is 47.0 Å². The van der Waals surface area contributed by atoms with Crippen molar-refractivity contribution in [3.05, 3.63) is 138 Å². The summed E-state index contributed by atoms with van der Waals surface area (Å²) in [6.07, 6.45) is 3.78. The third-order valence-electron chi connectivity index (χ3n) is 8.07. The van der Waals surface area contributed by atoms with Crippen molar-refractivity contribution in [2.24, 2.45) is 0 Å². The molecule has 0 radical (unpaired) electrons. The first-order chi connectivity index (χ1) is 23.7. The molecular formula is C40H41NaO7S2. The molecule has 0 aliphatic rings. The fourth-order valence-corrected chi connectivity index (χ4v) is 7.28. The molecule has 0 aliphatic heterocycles. The zero-order valence-electron chi connectivity index (χ0n) is 28.5.